The molecule has 7 unspecified atom stereocenters. The smallest absolute Gasteiger partial charge is 0.00879 e. The van der Waals surface area contributed by atoms with Crippen LogP contribution in [0, 0.1) is 40.4 Å². The van der Waals surface area contributed by atoms with Gasteiger partial charge in [-0.2, -0.15) is 0 Å². The molecule has 0 aromatic heterocycles. The molecule has 4 saturated carbocycles. The highest BCUT2D eigenvalue weighted by atomic mass is 14.6. The van der Waals surface area contributed by atoms with Gasteiger partial charge in [0, 0.05) is 0 Å². The Morgan fingerprint density at radius 1 is 0.941 bits per heavy atom. The summed E-state index contributed by atoms with van der Waals surface area (Å²) in [6.07, 6.45) is 16.2. The van der Waals surface area contributed by atoms with Crippen LogP contribution in [0.15, 0.2) is 55.1 Å². The van der Waals surface area contributed by atoms with Crippen molar-refractivity contribution in [3.05, 3.63) is 66.3 Å². The van der Waals surface area contributed by atoms with E-state index >= 15 is 0 Å². The highest BCUT2D eigenvalue weighted by Gasteiger charge is 2.58. The number of hydrogen-bond acceptors (Lipinski definition) is 0. The van der Waals surface area contributed by atoms with E-state index in [9.17, 15) is 0 Å². The molecular weight excluding hydrogens is 408 g/mol. The molecule has 0 nitrogen and oxygen atoms in total. The van der Waals surface area contributed by atoms with Crippen molar-refractivity contribution in [3.8, 4) is 0 Å². The lowest BCUT2D eigenvalue weighted by Crippen LogP contribution is -2.52. The van der Waals surface area contributed by atoms with Crippen LogP contribution < -0.4 is 0 Å². The third-order valence-electron chi connectivity index (χ3n) is 11.5. The summed E-state index contributed by atoms with van der Waals surface area (Å²) in [7, 11) is 0. The Bertz CT molecular complexity index is 947. The summed E-state index contributed by atoms with van der Waals surface area (Å²) in [4.78, 5) is 0. The molecule has 0 bridgehead atoms. The van der Waals surface area contributed by atoms with E-state index in [0.29, 0.717) is 10.8 Å². The van der Waals surface area contributed by atoms with E-state index in [1.807, 2.05) is 0 Å². The Morgan fingerprint density at radius 3 is 2.44 bits per heavy atom. The first kappa shape index (κ1) is 24.1. The molecule has 0 spiro atoms. The fourth-order valence-corrected chi connectivity index (χ4v) is 9.17. The van der Waals surface area contributed by atoms with E-state index in [-0.39, 0.29) is 0 Å². The average molecular weight is 457 g/mol. The minimum atomic E-state index is 0.458. The minimum Gasteiger partial charge on any atom is -0.100 e. The van der Waals surface area contributed by atoms with Gasteiger partial charge in [-0.05, 0) is 141 Å². The molecule has 34 heavy (non-hydrogen) atoms. The lowest BCUT2D eigenvalue weighted by Gasteiger charge is -2.61. The Balaban J connectivity index is 1.21. The van der Waals surface area contributed by atoms with Gasteiger partial charge in [0.2, 0.25) is 0 Å². The van der Waals surface area contributed by atoms with Crippen LogP contribution in [0.5, 0.6) is 0 Å². The number of rotatable bonds is 6. The molecule has 4 aliphatic carbocycles. The maximum absolute atomic E-state index is 4.54. The van der Waals surface area contributed by atoms with Gasteiger partial charge in [0.25, 0.3) is 0 Å². The number of hydrogen-bond donors (Lipinski definition) is 0. The van der Waals surface area contributed by atoms with Crippen LogP contribution in [0.2, 0.25) is 0 Å². The van der Waals surface area contributed by atoms with Crippen LogP contribution in [0.3, 0.4) is 0 Å². The second-order valence-electron chi connectivity index (χ2n) is 13.4. The number of benzene rings is 1. The molecule has 0 N–H and O–H groups in total. The number of allylic oxidation sites excluding steroid dienone is 3. The number of aryl methyl sites for hydroxylation is 1. The maximum Gasteiger partial charge on any atom is -0.00879 e. The predicted molar refractivity (Wildman–Crippen MR) is 148 cm³/mol. The molecule has 0 radical (unpaired) electrons. The molecule has 1 aromatic carbocycles. The largest absolute Gasteiger partial charge is 0.100 e. The van der Waals surface area contributed by atoms with Gasteiger partial charge in [-0.25, -0.2) is 0 Å². The molecule has 7 atom stereocenters. The molecule has 0 heteroatoms. The highest BCUT2D eigenvalue weighted by molar-refractivity contribution is 5.63. The topological polar surface area (TPSA) is 0 Å². The van der Waals surface area contributed by atoms with Crippen LogP contribution in [0.4, 0.5) is 0 Å². The monoisotopic (exact) mass is 456 g/mol. The first-order valence-electron chi connectivity index (χ1n) is 14.3. The summed E-state index contributed by atoms with van der Waals surface area (Å²) in [5.74, 6) is 4.61. The zero-order valence-electron chi connectivity index (χ0n) is 22.3. The Kier molecular flexibility index (Phi) is 6.50. The molecule has 0 amide bonds. The van der Waals surface area contributed by atoms with E-state index in [4.69, 9.17) is 0 Å². The van der Waals surface area contributed by atoms with Gasteiger partial charge < -0.3 is 0 Å². The van der Waals surface area contributed by atoms with Crippen molar-refractivity contribution in [1.29, 1.82) is 0 Å². The highest BCUT2D eigenvalue weighted by Crippen LogP contribution is 2.67. The first-order chi connectivity index (χ1) is 16.2. The zero-order valence-corrected chi connectivity index (χ0v) is 22.3. The zero-order chi connectivity index (χ0) is 24.1. The van der Waals surface area contributed by atoms with E-state index in [1.165, 1.54) is 86.5 Å². The van der Waals surface area contributed by atoms with Crippen molar-refractivity contribution in [2.24, 2.45) is 40.4 Å². The molecular formula is C34H48. The normalized spacial score (nSPS) is 39.1. The second kappa shape index (κ2) is 9.15. The summed E-state index contributed by atoms with van der Waals surface area (Å²) < 4.78 is 0. The summed E-state index contributed by atoms with van der Waals surface area (Å²) >= 11 is 0. The molecule has 0 saturated heterocycles. The third kappa shape index (κ3) is 4.18. The van der Waals surface area contributed by atoms with Gasteiger partial charge in [0.15, 0.2) is 0 Å². The quantitative estimate of drug-likeness (QED) is 0.374. The Morgan fingerprint density at radius 2 is 1.71 bits per heavy atom. The van der Waals surface area contributed by atoms with Gasteiger partial charge in [0.05, 0.1) is 0 Å². The van der Waals surface area contributed by atoms with Gasteiger partial charge in [0.1, 0.15) is 0 Å². The van der Waals surface area contributed by atoms with E-state index in [1.54, 1.807) is 5.57 Å². The van der Waals surface area contributed by atoms with E-state index in [2.05, 4.69) is 64.8 Å². The van der Waals surface area contributed by atoms with Gasteiger partial charge in [-0.3, -0.25) is 0 Å². The van der Waals surface area contributed by atoms with Crippen molar-refractivity contribution in [2.75, 3.05) is 0 Å². The van der Waals surface area contributed by atoms with Crippen LogP contribution in [-0.2, 0) is 6.42 Å². The fraction of sp³-hybridized carbons (Fsp3) is 0.647. The standard InChI is InChI=1S/C34H48/c1-23(2)7-9-26-10-12-28(13-11-26)24(3)21-27-17-19-34(6)29(22-27)14-15-30-31-16-8-25(4)33(31,5)20-18-32(30)34/h10-13,27,29-32H,1,3-4,7-9,14-22H2,2,5-6H3. The average Bonchev–Trinajstić information content (AvgIpc) is 3.12. The molecule has 1 aromatic rings. The van der Waals surface area contributed by atoms with Crippen LogP contribution in [0.1, 0.15) is 103 Å². The molecule has 184 valence electrons. The molecule has 0 heterocycles. The van der Waals surface area contributed by atoms with Crippen LogP contribution in [-0.4, -0.2) is 0 Å². The van der Waals surface area contributed by atoms with Gasteiger partial charge in [-0.1, -0.05) is 62.4 Å². The van der Waals surface area contributed by atoms with Gasteiger partial charge in [-0.15, -0.1) is 6.58 Å². The van der Waals surface area contributed by atoms with Crippen LogP contribution in [0.25, 0.3) is 5.57 Å². The van der Waals surface area contributed by atoms with Crippen molar-refractivity contribution >= 4 is 5.57 Å². The molecule has 5 rings (SSSR count). The summed E-state index contributed by atoms with van der Waals surface area (Å²) in [5.41, 5.74) is 8.00. The summed E-state index contributed by atoms with van der Waals surface area (Å²) in [6, 6.07) is 9.22. The predicted octanol–water partition coefficient (Wildman–Crippen LogP) is 9.81. The third-order valence-corrected chi connectivity index (χ3v) is 11.5. The van der Waals surface area contributed by atoms with Crippen molar-refractivity contribution in [2.45, 2.75) is 97.8 Å². The van der Waals surface area contributed by atoms with Gasteiger partial charge >= 0.3 is 0 Å². The lowest BCUT2D eigenvalue weighted by molar-refractivity contribution is -0.105. The minimum absolute atomic E-state index is 0.458. The molecule has 0 aliphatic heterocycles. The fourth-order valence-electron chi connectivity index (χ4n) is 9.17. The Hall–Kier alpha value is -1.56. The second-order valence-corrected chi connectivity index (χ2v) is 13.4. The summed E-state index contributed by atoms with van der Waals surface area (Å²) in [5, 5.41) is 0. The van der Waals surface area contributed by atoms with Crippen molar-refractivity contribution < 1.29 is 0 Å². The SMILES string of the molecule is C=C(C)CCc1ccc(C(=C)CC2CCC3(C)C(CCC4C5CCC(=C)C5(C)CCC43)C2)cc1. The van der Waals surface area contributed by atoms with Crippen molar-refractivity contribution in [1.82, 2.24) is 0 Å². The van der Waals surface area contributed by atoms with Crippen molar-refractivity contribution in [3.63, 3.8) is 0 Å². The first-order valence-corrected chi connectivity index (χ1v) is 14.3. The number of fused-ring (bicyclic) bond motifs is 5. The van der Waals surface area contributed by atoms with Crippen LogP contribution >= 0.6 is 0 Å². The maximum atomic E-state index is 4.54. The van der Waals surface area contributed by atoms with E-state index < -0.39 is 0 Å². The lowest BCUT2D eigenvalue weighted by atomic mass is 9.44. The summed E-state index contributed by atoms with van der Waals surface area (Å²) in [6.45, 7) is 20.5. The molecule has 4 fully saturated rings. The van der Waals surface area contributed by atoms with E-state index in [0.717, 1.165) is 42.4 Å². The molecule has 4 aliphatic rings. The Labute approximate surface area is 210 Å².